The number of nitrogens with one attached hydrogen (secondary N) is 2. The van der Waals surface area contributed by atoms with Crippen molar-refractivity contribution in [3.63, 3.8) is 0 Å². The molecule has 0 aliphatic rings. The van der Waals surface area contributed by atoms with Crippen LogP contribution in [0.3, 0.4) is 0 Å². The van der Waals surface area contributed by atoms with Crippen LogP contribution < -0.4 is 18.9 Å². The Morgan fingerprint density at radius 2 is 1.13 bits per heavy atom. The number of carbonyl (C=O) groups is 2. The van der Waals surface area contributed by atoms with Crippen LogP contribution in [0.15, 0.2) is 36.4 Å². The predicted octanol–water partition coefficient (Wildman–Crippen LogP) is 4.69. The molecule has 218 valence electrons. The molecule has 0 aliphatic carbocycles. The smallest absolute Gasteiger partial charge is 0.495 e. The minimum absolute atomic E-state index is 0.0176. The maximum absolute atomic E-state index is 12.3. The van der Waals surface area contributed by atoms with E-state index in [1.807, 2.05) is 0 Å². The summed E-state index contributed by atoms with van der Waals surface area (Å²) in [5.74, 6) is -1.03. The average Bonchev–Trinajstić information content (AvgIpc) is 2.82. The summed E-state index contributed by atoms with van der Waals surface area (Å²) in [5.41, 5.74) is -11.3. The van der Waals surface area contributed by atoms with Gasteiger partial charge in [-0.3, -0.25) is 19.0 Å². The lowest BCUT2D eigenvalue weighted by Crippen LogP contribution is -2.30. The second kappa shape index (κ2) is 12.9. The highest BCUT2D eigenvalue weighted by Gasteiger charge is 2.47. The Morgan fingerprint density at radius 3 is 1.44 bits per heavy atom. The molecule has 19 heteroatoms. The maximum atomic E-state index is 12.3. The minimum atomic E-state index is -5.55. The summed E-state index contributed by atoms with van der Waals surface area (Å²) in [6.07, 6.45) is 0. The highest BCUT2D eigenvalue weighted by Crippen LogP contribution is 2.32. The molecule has 2 aromatic rings. The third-order valence-corrected chi connectivity index (χ3v) is 7.06. The van der Waals surface area contributed by atoms with Crippen molar-refractivity contribution < 1.29 is 62.2 Å². The molecule has 0 aromatic heterocycles. The first-order valence-electron chi connectivity index (χ1n) is 9.85. The van der Waals surface area contributed by atoms with Gasteiger partial charge in [-0.05, 0) is 43.3 Å². The molecule has 2 N–H and O–H groups in total. The minimum Gasteiger partial charge on any atom is -0.495 e. The van der Waals surface area contributed by atoms with Gasteiger partial charge in [0.2, 0.25) is 0 Å². The van der Waals surface area contributed by atoms with Crippen molar-refractivity contribution in [2.24, 2.45) is 0 Å². The van der Waals surface area contributed by atoms with Crippen LogP contribution >= 0.6 is 15.9 Å². The predicted molar refractivity (Wildman–Crippen MR) is 131 cm³/mol. The van der Waals surface area contributed by atoms with Crippen LogP contribution in [0.25, 0.3) is 0 Å². The summed E-state index contributed by atoms with van der Waals surface area (Å²) in [6, 6.07) is 6.74. The van der Waals surface area contributed by atoms with E-state index in [4.69, 9.17) is 9.47 Å². The van der Waals surface area contributed by atoms with Crippen LogP contribution in [0.1, 0.15) is 27.6 Å². The number of halogens is 7. The molecule has 39 heavy (non-hydrogen) atoms. The van der Waals surface area contributed by atoms with E-state index < -0.39 is 42.4 Å². The Labute approximate surface area is 226 Å². The van der Waals surface area contributed by atoms with Gasteiger partial charge in [0.05, 0.1) is 30.9 Å². The zero-order chi connectivity index (χ0) is 30.4. The molecular formula is C20H19BrF6N2O8S2. The van der Waals surface area contributed by atoms with Crippen molar-refractivity contribution in [3.8, 4) is 11.5 Å². The number of sulfonamides is 2. The van der Waals surface area contributed by atoms with E-state index in [2.05, 4.69) is 15.9 Å². The van der Waals surface area contributed by atoms with Crippen molar-refractivity contribution >= 4 is 58.9 Å². The number of alkyl halides is 7. The molecule has 10 nitrogen and oxygen atoms in total. The van der Waals surface area contributed by atoms with Gasteiger partial charge in [0.1, 0.15) is 11.5 Å². The molecule has 0 aliphatic heterocycles. The molecule has 0 saturated heterocycles. The quantitative estimate of drug-likeness (QED) is 0.222. The molecule has 0 heterocycles. The fourth-order valence-electron chi connectivity index (χ4n) is 2.43. The number of carbonyl (C=O) groups excluding carboxylic acids is 2. The Balaban J connectivity index is 0.000000391. The van der Waals surface area contributed by atoms with Crippen molar-refractivity contribution in [1.82, 2.24) is 0 Å². The monoisotopic (exact) mass is 672 g/mol. The molecule has 0 atom stereocenters. The highest BCUT2D eigenvalue weighted by molar-refractivity contribution is 9.09. The summed E-state index contributed by atoms with van der Waals surface area (Å²) in [5, 5.41) is 0.0176. The maximum Gasteiger partial charge on any atom is 0.516 e. The van der Waals surface area contributed by atoms with Crippen LogP contribution in [0, 0.1) is 0 Å². The molecule has 0 bridgehead atoms. The molecule has 2 rings (SSSR count). The second-order valence-electron chi connectivity index (χ2n) is 7.05. The van der Waals surface area contributed by atoms with Crippen molar-refractivity contribution in [1.29, 1.82) is 0 Å². The first kappa shape index (κ1) is 34.0. The SMILES string of the molecule is COc1cc(C(=O)CBr)ccc1NS(=O)(=O)C(F)(F)F.COc1cc(C(C)=O)ccc1NS(=O)(=O)C(F)(F)F. The van der Waals surface area contributed by atoms with Gasteiger partial charge in [0, 0.05) is 11.1 Å². The van der Waals surface area contributed by atoms with E-state index in [0.29, 0.717) is 0 Å². The van der Waals surface area contributed by atoms with Gasteiger partial charge in [-0.15, -0.1) is 0 Å². The lowest BCUT2D eigenvalue weighted by Gasteiger charge is -2.14. The molecule has 0 amide bonds. The summed E-state index contributed by atoms with van der Waals surface area (Å²) in [4.78, 5) is 22.5. The van der Waals surface area contributed by atoms with E-state index in [0.717, 1.165) is 38.5 Å². The Morgan fingerprint density at radius 1 is 0.769 bits per heavy atom. The lowest BCUT2D eigenvalue weighted by molar-refractivity contribution is -0.0435. The third kappa shape index (κ3) is 8.99. The zero-order valence-electron chi connectivity index (χ0n) is 19.9. The van der Waals surface area contributed by atoms with E-state index in [9.17, 15) is 52.8 Å². The van der Waals surface area contributed by atoms with Gasteiger partial charge in [0.15, 0.2) is 11.6 Å². The van der Waals surface area contributed by atoms with Crippen molar-refractivity contribution in [2.45, 2.75) is 17.9 Å². The first-order chi connectivity index (χ1) is 17.7. The molecule has 0 unspecified atom stereocenters. The number of hydrogen-bond acceptors (Lipinski definition) is 8. The van der Waals surface area contributed by atoms with Gasteiger partial charge in [-0.1, -0.05) is 15.9 Å². The van der Waals surface area contributed by atoms with Crippen molar-refractivity contribution in [3.05, 3.63) is 47.5 Å². The normalized spacial score (nSPS) is 12.1. The lowest BCUT2D eigenvalue weighted by atomic mass is 10.1. The van der Waals surface area contributed by atoms with Crippen molar-refractivity contribution in [2.75, 3.05) is 29.0 Å². The number of ketones is 2. The Kier molecular flexibility index (Phi) is 11.2. The zero-order valence-corrected chi connectivity index (χ0v) is 23.1. The number of hydrogen-bond donors (Lipinski definition) is 2. The van der Waals surface area contributed by atoms with E-state index in [1.54, 1.807) is 0 Å². The van der Waals surface area contributed by atoms with Gasteiger partial charge in [-0.25, -0.2) is 0 Å². The van der Waals surface area contributed by atoms with Gasteiger partial charge < -0.3 is 9.47 Å². The Hall–Kier alpha value is -3.06. The molecule has 2 aromatic carbocycles. The van der Waals surface area contributed by atoms with Crippen LogP contribution in [-0.2, 0) is 20.0 Å². The number of anilines is 2. The summed E-state index contributed by atoms with van der Waals surface area (Å²) >= 11 is 2.94. The Bertz CT molecular complexity index is 1430. The summed E-state index contributed by atoms with van der Waals surface area (Å²) < 4.78 is 130. The van der Waals surface area contributed by atoms with Gasteiger partial charge in [-0.2, -0.15) is 43.2 Å². The number of rotatable bonds is 9. The molecule has 0 saturated carbocycles. The first-order valence-corrected chi connectivity index (χ1v) is 13.9. The fourth-order valence-corrected chi connectivity index (χ4v) is 3.90. The van der Waals surface area contributed by atoms with Crippen LogP contribution in [0.4, 0.5) is 37.7 Å². The number of benzene rings is 2. The number of methoxy groups -OCH3 is 2. The fraction of sp³-hybridized carbons (Fsp3) is 0.300. The molecule has 0 fully saturated rings. The number of ether oxygens (including phenoxy) is 2. The average molecular weight is 673 g/mol. The second-order valence-corrected chi connectivity index (χ2v) is 11.0. The summed E-state index contributed by atoms with van der Waals surface area (Å²) in [7, 11) is -8.79. The third-order valence-electron chi connectivity index (χ3n) is 4.35. The van der Waals surface area contributed by atoms with Crippen LogP contribution in [-0.4, -0.2) is 59.0 Å². The largest absolute Gasteiger partial charge is 0.516 e. The van der Waals surface area contributed by atoms with Crippen LogP contribution in [0.5, 0.6) is 11.5 Å². The highest BCUT2D eigenvalue weighted by atomic mass is 79.9. The van der Waals surface area contributed by atoms with E-state index in [1.165, 1.54) is 28.5 Å². The van der Waals surface area contributed by atoms with Gasteiger partial charge >= 0.3 is 31.1 Å². The van der Waals surface area contributed by atoms with Gasteiger partial charge in [0.25, 0.3) is 0 Å². The van der Waals surface area contributed by atoms with E-state index >= 15 is 0 Å². The summed E-state index contributed by atoms with van der Waals surface area (Å²) in [6.45, 7) is 1.26. The molecule has 0 radical (unpaired) electrons. The topological polar surface area (TPSA) is 145 Å². The van der Waals surface area contributed by atoms with Crippen LogP contribution in [0.2, 0.25) is 0 Å². The number of Topliss-reactive ketones (excluding diaryl/α,β-unsaturated/α-hetero) is 2. The molecular weight excluding hydrogens is 654 g/mol. The van der Waals surface area contributed by atoms with E-state index in [-0.39, 0.29) is 39.5 Å². The standard InChI is InChI=1S/C10H9BrF3NO4S.C10H10F3NO4S/c1-19-9-4-6(8(16)5-11)2-3-7(9)15-20(17,18)10(12,13)14;1-6(15)7-3-4-8(9(5-7)18-2)14-19(16,17)10(11,12)13/h2-4,15H,5H2,1H3;3-5,14H,1-2H3. The molecule has 0 spiro atoms.